The van der Waals surface area contributed by atoms with E-state index in [1.54, 1.807) is 0 Å². The highest BCUT2D eigenvalue weighted by Crippen LogP contribution is 2.14. The number of carbonyl (C=O) groups excluding carboxylic acids is 1. The summed E-state index contributed by atoms with van der Waals surface area (Å²) >= 11 is 6.19. The number of guanidine groups is 1. The Hall–Kier alpha value is -1.75. The second kappa shape index (κ2) is 11.8. The first kappa shape index (κ1) is 20.6. The summed E-state index contributed by atoms with van der Waals surface area (Å²) in [4.78, 5) is 18.6. The first-order valence-corrected chi connectivity index (χ1v) is 10.1. The second-order valence-corrected chi connectivity index (χ2v) is 6.98. The third-order valence-electron chi connectivity index (χ3n) is 4.52. The number of nitrogens with zero attached hydrogens (tertiary/aromatic N) is 2. The van der Waals surface area contributed by atoms with Crippen LogP contribution in [0.2, 0.25) is 5.02 Å². The molecule has 0 unspecified atom stereocenters. The van der Waals surface area contributed by atoms with Crippen molar-refractivity contribution in [3.05, 3.63) is 34.9 Å². The fraction of sp³-hybridized carbons (Fsp3) is 0.600. The van der Waals surface area contributed by atoms with E-state index in [0.29, 0.717) is 18.9 Å². The van der Waals surface area contributed by atoms with Gasteiger partial charge in [0.05, 0.1) is 0 Å². The quantitative estimate of drug-likeness (QED) is 0.415. The van der Waals surface area contributed by atoms with E-state index >= 15 is 0 Å². The van der Waals surface area contributed by atoms with E-state index in [2.05, 4.69) is 22.5 Å². The Kier molecular flexibility index (Phi) is 9.32. The van der Waals surface area contributed by atoms with Gasteiger partial charge in [0.15, 0.2) is 5.96 Å². The minimum atomic E-state index is 0.302. The van der Waals surface area contributed by atoms with Crippen molar-refractivity contribution in [2.75, 3.05) is 32.7 Å². The van der Waals surface area contributed by atoms with Crippen molar-refractivity contribution in [3.8, 4) is 0 Å². The molecule has 1 aliphatic heterocycles. The van der Waals surface area contributed by atoms with Gasteiger partial charge in [-0.25, -0.2) is 0 Å². The van der Waals surface area contributed by atoms with Gasteiger partial charge < -0.3 is 15.5 Å². The van der Waals surface area contributed by atoms with Crippen molar-refractivity contribution < 1.29 is 4.79 Å². The summed E-state index contributed by atoms with van der Waals surface area (Å²) in [6.07, 6.45) is 5.78. The Balaban J connectivity index is 1.73. The molecule has 2 N–H and O–H groups in total. The van der Waals surface area contributed by atoms with E-state index in [9.17, 15) is 4.79 Å². The van der Waals surface area contributed by atoms with Crippen molar-refractivity contribution in [2.24, 2.45) is 4.99 Å². The molecular formula is C20H31ClN4O. The van der Waals surface area contributed by atoms with E-state index < -0.39 is 0 Å². The van der Waals surface area contributed by atoms with Crippen LogP contribution in [0.1, 0.15) is 44.6 Å². The first-order chi connectivity index (χ1) is 12.7. The number of hydrogen-bond acceptors (Lipinski definition) is 2. The predicted molar refractivity (Wildman–Crippen MR) is 109 cm³/mol. The van der Waals surface area contributed by atoms with Gasteiger partial charge in [-0.2, -0.15) is 0 Å². The zero-order valence-electron chi connectivity index (χ0n) is 15.8. The molecule has 5 nitrogen and oxygen atoms in total. The van der Waals surface area contributed by atoms with E-state index in [4.69, 9.17) is 11.6 Å². The first-order valence-electron chi connectivity index (χ1n) is 9.74. The number of amides is 1. The van der Waals surface area contributed by atoms with Crippen LogP contribution in [-0.2, 0) is 11.2 Å². The van der Waals surface area contributed by atoms with Gasteiger partial charge in [0.2, 0.25) is 5.91 Å². The van der Waals surface area contributed by atoms with Crippen molar-refractivity contribution in [2.45, 2.75) is 45.4 Å². The van der Waals surface area contributed by atoms with Gasteiger partial charge in [-0.05, 0) is 44.2 Å². The van der Waals surface area contributed by atoms with Gasteiger partial charge in [0, 0.05) is 44.2 Å². The molecule has 0 atom stereocenters. The third kappa shape index (κ3) is 7.24. The molecule has 0 spiro atoms. The largest absolute Gasteiger partial charge is 0.357 e. The Morgan fingerprint density at radius 3 is 2.88 bits per heavy atom. The summed E-state index contributed by atoms with van der Waals surface area (Å²) in [6, 6.07) is 7.91. The Bertz CT molecular complexity index is 591. The van der Waals surface area contributed by atoms with Crippen LogP contribution in [0, 0.1) is 0 Å². The number of nitrogens with one attached hydrogen (secondary N) is 2. The zero-order chi connectivity index (χ0) is 18.6. The van der Waals surface area contributed by atoms with Crippen LogP contribution in [0.4, 0.5) is 0 Å². The summed E-state index contributed by atoms with van der Waals surface area (Å²) in [5, 5.41) is 7.42. The van der Waals surface area contributed by atoms with E-state index in [1.807, 2.05) is 29.2 Å². The van der Waals surface area contributed by atoms with Crippen LogP contribution in [0.5, 0.6) is 0 Å². The molecule has 0 radical (unpaired) electrons. The van der Waals surface area contributed by atoms with Gasteiger partial charge in [0.25, 0.3) is 0 Å². The molecule has 1 amide bonds. The molecule has 26 heavy (non-hydrogen) atoms. The maximum atomic E-state index is 12.0. The SMILES string of the molecule is CCNC(=NCCCN1CCCCCC1=O)NCCc1ccccc1Cl. The Morgan fingerprint density at radius 1 is 1.23 bits per heavy atom. The molecule has 1 heterocycles. The van der Waals surface area contributed by atoms with Crippen molar-refractivity contribution in [3.63, 3.8) is 0 Å². The van der Waals surface area contributed by atoms with Crippen LogP contribution in [0.15, 0.2) is 29.3 Å². The second-order valence-electron chi connectivity index (χ2n) is 6.57. The maximum Gasteiger partial charge on any atom is 0.222 e. The van der Waals surface area contributed by atoms with E-state index in [-0.39, 0.29) is 0 Å². The van der Waals surface area contributed by atoms with Crippen LogP contribution >= 0.6 is 11.6 Å². The monoisotopic (exact) mass is 378 g/mol. The molecule has 0 saturated carbocycles. The summed E-state index contributed by atoms with van der Waals surface area (Å²) in [7, 11) is 0. The van der Waals surface area contributed by atoms with Crippen LogP contribution in [0.3, 0.4) is 0 Å². The van der Waals surface area contributed by atoms with Gasteiger partial charge in [-0.15, -0.1) is 0 Å². The zero-order valence-corrected chi connectivity index (χ0v) is 16.5. The number of rotatable bonds is 8. The predicted octanol–water partition coefficient (Wildman–Crippen LogP) is 3.23. The van der Waals surface area contributed by atoms with E-state index in [0.717, 1.165) is 68.4 Å². The molecule has 0 aliphatic carbocycles. The van der Waals surface area contributed by atoms with Crippen molar-refractivity contribution >= 4 is 23.5 Å². The van der Waals surface area contributed by atoms with Gasteiger partial charge >= 0.3 is 0 Å². The number of halogens is 1. The normalized spacial score (nSPS) is 15.7. The highest BCUT2D eigenvalue weighted by Gasteiger charge is 2.15. The third-order valence-corrected chi connectivity index (χ3v) is 4.89. The minimum absolute atomic E-state index is 0.302. The highest BCUT2D eigenvalue weighted by molar-refractivity contribution is 6.31. The molecule has 1 aromatic rings. The van der Waals surface area contributed by atoms with Gasteiger partial charge in [0.1, 0.15) is 0 Å². The molecule has 6 heteroatoms. The van der Waals surface area contributed by atoms with Crippen LogP contribution in [-0.4, -0.2) is 49.5 Å². The molecule has 2 rings (SSSR count). The Labute approximate surface area is 162 Å². The van der Waals surface area contributed by atoms with Gasteiger partial charge in [-0.3, -0.25) is 9.79 Å². The number of likely N-dealkylation sites (tertiary alicyclic amines) is 1. The average Bonchev–Trinajstić information content (AvgIpc) is 2.84. The number of benzene rings is 1. The summed E-state index contributed by atoms with van der Waals surface area (Å²) in [5.74, 6) is 1.12. The smallest absolute Gasteiger partial charge is 0.222 e. The van der Waals surface area contributed by atoms with Crippen LogP contribution in [0.25, 0.3) is 0 Å². The molecule has 1 fully saturated rings. The molecule has 0 aromatic heterocycles. The number of aliphatic imine (C=N–C) groups is 1. The van der Waals surface area contributed by atoms with E-state index in [1.165, 1.54) is 6.42 Å². The lowest BCUT2D eigenvalue weighted by Gasteiger charge is -2.20. The van der Waals surface area contributed by atoms with Gasteiger partial charge in [-0.1, -0.05) is 36.2 Å². The topological polar surface area (TPSA) is 56.7 Å². The lowest BCUT2D eigenvalue weighted by molar-refractivity contribution is -0.130. The molecule has 144 valence electrons. The maximum absolute atomic E-state index is 12.0. The van der Waals surface area contributed by atoms with Crippen molar-refractivity contribution in [1.29, 1.82) is 0 Å². The average molecular weight is 379 g/mol. The molecular weight excluding hydrogens is 348 g/mol. The highest BCUT2D eigenvalue weighted by atomic mass is 35.5. The lowest BCUT2D eigenvalue weighted by Crippen LogP contribution is -2.38. The summed E-state index contributed by atoms with van der Waals surface area (Å²) < 4.78 is 0. The minimum Gasteiger partial charge on any atom is -0.357 e. The van der Waals surface area contributed by atoms with Crippen LogP contribution < -0.4 is 10.6 Å². The number of carbonyl (C=O) groups is 1. The molecule has 0 bridgehead atoms. The molecule has 1 saturated heterocycles. The summed E-state index contributed by atoms with van der Waals surface area (Å²) in [5.41, 5.74) is 1.14. The molecule has 1 aromatic carbocycles. The summed E-state index contributed by atoms with van der Waals surface area (Å²) in [6.45, 7) is 6.08. The molecule has 1 aliphatic rings. The fourth-order valence-electron chi connectivity index (χ4n) is 3.09. The number of hydrogen-bond donors (Lipinski definition) is 2. The lowest BCUT2D eigenvalue weighted by atomic mass is 10.1. The Morgan fingerprint density at radius 2 is 2.08 bits per heavy atom. The standard InChI is InChI=1S/C20H31ClN4O/c1-2-22-20(24-14-12-17-9-5-6-10-18(17)21)23-13-8-16-25-15-7-3-4-11-19(25)26/h5-6,9-10H,2-4,7-8,11-16H2,1H3,(H2,22,23,24). The van der Waals surface area contributed by atoms with Crippen molar-refractivity contribution in [1.82, 2.24) is 15.5 Å². The fourth-order valence-corrected chi connectivity index (χ4v) is 3.32.